The fraction of sp³-hybridized carbons (Fsp3) is 0.233. The number of fused-ring (bicyclic) bond motifs is 1. The van der Waals surface area contributed by atoms with Crippen LogP contribution in [0.15, 0.2) is 78.0 Å². The van der Waals surface area contributed by atoms with Crippen LogP contribution in [0.3, 0.4) is 0 Å². The molecule has 0 aromatic heterocycles. The first-order valence-electron chi connectivity index (χ1n) is 12.2. The molecule has 1 atom stereocenters. The summed E-state index contributed by atoms with van der Waals surface area (Å²) in [7, 11) is 3.11. The number of hydrogen-bond acceptors (Lipinski definition) is 6. The fourth-order valence-electron chi connectivity index (χ4n) is 5.18. The van der Waals surface area contributed by atoms with Crippen LogP contribution in [0.5, 0.6) is 11.5 Å². The Kier molecular flexibility index (Phi) is 6.53. The maximum absolute atomic E-state index is 13.4. The lowest BCUT2D eigenvalue weighted by Gasteiger charge is -2.33. The van der Waals surface area contributed by atoms with E-state index in [0.29, 0.717) is 58.8 Å². The number of carbonyl (C=O) groups excluding carboxylic acids is 3. The molecule has 0 unspecified atom stereocenters. The van der Waals surface area contributed by atoms with Crippen LogP contribution in [-0.4, -0.2) is 31.7 Å². The summed E-state index contributed by atoms with van der Waals surface area (Å²) in [5.74, 6) is 0.718. The average molecular weight is 497 g/mol. The lowest BCUT2D eigenvalue weighted by atomic mass is 9.85. The SMILES string of the molecule is COc1ccc([C@@H]2C3=C(CCCC3=O)Nc3cc(C(=O)c4ccccc4)ccc3N2C(C)=O)cc1OC. The van der Waals surface area contributed by atoms with E-state index >= 15 is 0 Å². The minimum absolute atomic E-state index is 0.00632. The molecule has 5 rings (SSSR count). The van der Waals surface area contributed by atoms with Gasteiger partial charge >= 0.3 is 0 Å². The van der Waals surface area contributed by atoms with Crippen LogP contribution in [0.1, 0.15) is 53.7 Å². The van der Waals surface area contributed by atoms with Crippen LogP contribution in [0.4, 0.5) is 11.4 Å². The largest absolute Gasteiger partial charge is 0.493 e. The summed E-state index contributed by atoms with van der Waals surface area (Å²) in [4.78, 5) is 41.4. The van der Waals surface area contributed by atoms with Gasteiger partial charge in [-0.2, -0.15) is 0 Å². The van der Waals surface area contributed by atoms with Crippen LogP contribution < -0.4 is 19.7 Å². The molecular weight excluding hydrogens is 468 g/mol. The molecule has 0 saturated carbocycles. The summed E-state index contributed by atoms with van der Waals surface area (Å²) in [5, 5.41) is 3.43. The molecule has 0 radical (unpaired) electrons. The zero-order chi connectivity index (χ0) is 26.1. The van der Waals surface area contributed by atoms with Gasteiger partial charge in [-0.05, 0) is 48.7 Å². The summed E-state index contributed by atoms with van der Waals surface area (Å²) in [6, 6.07) is 19.1. The highest BCUT2D eigenvalue weighted by atomic mass is 16.5. The van der Waals surface area contributed by atoms with Gasteiger partial charge in [0.1, 0.15) is 0 Å². The number of nitrogens with zero attached hydrogens (tertiary/aromatic N) is 1. The summed E-state index contributed by atoms with van der Waals surface area (Å²) in [6.45, 7) is 1.49. The van der Waals surface area contributed by atoms with E-state index < -0.39 is 6.04 Å². The van der Waals surface area contributed by atoms with Crippen LogP contribution in [0.25, 0.3) is 0 Å². The third-order valence-electron chi connectivity index (χ3n) is 6.89. The third-order valence-corrected chi connectivity index (χ3v) is 6.89. The predicted octanol–water partition coefficient (Wildman–Crippen LogP) is 5.46. The van der Waals surface area contributed by atoms with Crippen molar-refractivity contribution in [3.05, 3.63) is 94.7 Å². The molecule has 37 heavy (non-hydrogen) atoms. The number of benzene rings is 3. The molecule has 0 saturated heterocycles. The van der Waals surface area contributed by atoms with Crippen molar-refractivity contribution in [2.24, 2.45) is 0 Å². The second kappa shape index (κ2) is 9.93. The molecule has 0 fully saturated rings. The zero-order valence-corrected chi connectivity index (χ0v) is 21.0. The van der Waals surface area contributed by atoms with Crippen molar-refractivity contribution in [1.82, 2.24) is 0 Å². The molecule has 188 valence electrons. The van der Waals surface area contributed by atoms with Gasteiger partial charge in [-0.1, -0.05) is 36.4 Å². The lowest BCUT2D eigenvalue weighted by Crippen LogP contribution is -2.36. The number of ketones is 2. The number of Topliss-reactive ketones (excluding diaryl/α,β-unsaturated/α-hetero) is 1. The van der Waals surface area contributed by atoms with Crippen molar-refractivity contribution < 1.29 is 23.9 Å². The van der Waals surface area contributed by atoms with Gasteiger partial charge in [-0.15, -0.1) is 0 Å². The van der Waals surface area contributed by atoms with Gasteiger partial charge < -0.3 is 14.8 Å². The monoisotopic (exact) mass is 496 g/mol. The summed E-state index contributed by atoms with van der Waals surface area (Å²) < 4.78 is 10.9. The molecule has 1 N–H and O–H groups in total. The van der Waals surface area contributed by atoms with Gasteiger partial charge in [0.15, 0.2) is 23.1 Å². The van der Waals surface area contributed by atoms with Crippen molar-refractivity contribution in [3.8, 4) is 11.5 Å². The van der Waals surface area contributed by atoms with Gasteiger partial charge in [0.25, 0.3) is 0 Å². The number of methoxy groups -OCH3 is 2. The molecular formula is C30H28N2O5. The van der Waals surface area contributed by atoms with Gasteiger partial charge in [0, 0.05) is 35.7 Å². The number of ether oxygens (including phenoxy) is 2. The quantitative estimate of drug-likeness (QED) is 0.472. The number of amides is 1. The Morgan fingerprint density at radius 3 is 2.35 bits per heavy atom. The molecule has 2 aliphatic rings. The number of anilines is 2. The normalized spacial score (nSPS) is 16.8. The average Bonchev–Trinajstić information content (AvgIpc) is 3.07. The molecule has 7 heteroatoms. The Hall–Kier alpha value is -4.39. The highest BCUT2D eigenvalue weighted by Gasteiger charge is 2.39. The van der Waals surface area contributed by atoms with E-state index in [0.717, 1.165) is 11.3 Å². The second-order valence-electron chi connectivity index (χ2n) is 9.13. The standard InChI is InChI=1S/C30H28N2O5/c1-18(33)32-24-14-12-21(30(35)19-8-5-4-6-9-19)16-23(24)31-22-10-7-11-25(34)28(22)29(32)20-13-15-26(36-2)27(17-20)37-3/h4-6,8-9,12-17,29,31H,7,10-11H2,1-3H3/t29-/m1/s1. The van der Waals surface area contributed by atoms with Crippen LogP contribution in [0.2, 0.25) is 0 Å². The molecule has 1 aliphatic carbocycles. The van der Waals surface area contributed by atoms with Gasteiger partial charge in [0.05, 0.1) is 31.6 Å². The van der Waals surface area contributed by atoms with E-state index in [1.807, 2.05) is 30.3 Å². The van der Waals surface area contributed by atoms with Gasteiger partial charge in [-0.25, -0.2) is 0 Å². The first kappa shape index (κ1) is 24.3. The Morgan fingerprint density at radius 2 is 1.65 bits per heavy atom. The predicted molar refractivity (Wildman–Crippen MR) is 141 cm³/mol. The number of nitrogens with one attached hydrogen (secondary N) is 1. The Morgan fingerprint density at radius 1 is 0.892 bits per heavy atom. The first-order chi connectivity index (χ1) is 17.9. The van der Waals surface area contributed by atoms with Crippen molar-refractivity contribution >= 4 is 28.8 Å². The molecule has 1 amide bonds. The number of allylic oxidation sites excluding steroid dienone is 1. The minimum Gasteiger partial charge on any atom is -0.493 e. The van der Waals surface area contributed by atoms with E-state index in [1.54, 1.807) is 55.5 Å². The summed E-state index contributed by atoms with van der Waals surface area (Å²) in [5.41, 5.74) is 4.34. The fourth-order valence-corrected chi connectivity index (χ4v) is 5.18. The maximum Gasteiger partial charge on any atom is 0.224 e. The molecule has 1 aliphatic heterocycles. The van der Waals surface area contributed by atoms with Crippen LogP contribution >= 0.6 is 0 Å². The molecule has 7 nitrogen and oxygen atoms in total. The minimum atomic E-state index is -0.662. The topological polar surface area (TPSA) is 84.9 Å². The van der Waals surface area contributed by atoms with Crippen molar-refractivity contribution in [1.29, 1.82) is 0 Å². The highest BCUT2D eigenvalue weighted by molar-refractivity contribution is 6.11. The summed E-state index contributed by atoms with van der Waals surface area (Å²) >= 11 is 0. The number of rotatable bonds is 5. The molecule has 3 aromatic rings. The van der Waals surface area contributed by atoms with Crippen LogP contribution in [0, 0.1) is 0 Å². The molecule has 0 spiro atoms. The zero-order valence-electron chi connectivity index (χ0n) is 21.0. The molecule has 3 aromatic carbocycles. The van der Waals surface area contributed by atoms with Crippen molar-refractivity contribution in [2.45, 2.75) is 32.2 Å². The van der Waals surface area contributed by atoms with Crippen molar-refractivity contribution in [2.75, 3.05) is 24.4 Å². The smallest absolute Gasteiger partial charge is 0.224 e. The van der Waals surface area contributed by atoms with E-state index in [-0.39, 0.29) is 17.5 Å². The third kappa shape index (κ3) is 4.37. The molecule has 1 heterocycles. The van der Waals surface area contributed by atoms with E-state index in [2.05, 4.69) is 5.32 Å². The van der Waals surface area contributed by atoms with Gasteiger partial charge in [0.2, 0.25) is 5.91 Å². The number of carbonyl (C=O) groups is 3. The van der Waals surface area contributed by atoms with Crippen LogP contribution in [-0.2, 0) is 9.59 Å². The van der Waals surface area contributed by atoms with Gasteiger partial charge in [-0.3, -0.25) is 19.3 Å². The highest BCUT2D eigenvalue weighted by Crippen LogP contribution is 2.46. The van der Waals surface area contributed by atoms with E-state index in [9.17, 15) is 14.4 Å². The van der Waals surface area contributed by atoms with Crippen molar-refractivity contribution in [3.63, 3.8) is 0 Å². The lowest BCUT2D eigenvalue weighted by molar-refractivity contribution is -0.117. The first-order valence-corrected chi connectivity index (χ1v) is 12.2. The second-order valence-corrected chi connectivity index (χ2v) is 9.13. The Labute approximate surface area is 215 Å². The Bertz CT molecular complexity index is 1430. The molecule has 0 bridgehead atoms. The van der Waals surface area contributed by atoms with E-state index in [1.165, 1.54) is 6.92 Å². The number of hydrogen-bond donors (Lipinski definition) is 1. The van der Waals surface area contributed by atoms with E-state index in [4.69, 9.17) is 9.47 Å². The maximum atomic E-state index is 13.4. The summed E-state index contributed by atoms with van der Waals surface area (Å²) in [6.07, 6.45) is 1.78. The Balaban J connectivity index is 1.70.